The topological polar surface area (TPSA) is 56.3 Å². The Balaban J connectivity index is 1.23. The van der Waals surface area contributed by atoms with E-state index in [1.165, 1.54) is 0 Å². The van der Waals surface area contributed by atoms with E-state index in [0.29, 0.717) is 31.3 Å². The van der Waals surface area contributed by atoms with Crippen molar-refractivity contribution in [2.24, 2.45) is 5.92 Å². The van der Waals surface area contributed by atoms with Gasteiger partial charge < -0.3 is 14.5 Å². The first-order chi connectivity index (χ1) is 14.1. The summed E-state index contributed by atoms with van der Waals surface area (Å²) in [4.78, 5) is 29.2. The summed E-state index contributed by atoms with van der Waals surface area (Å²) in [6, 6.07) is 7.34. The number of ketones is 1. The number of hydrazine groups is 1. The Morgan fingerprint density at radius 2 is 1.34 bits per heavy atom. The first kappa shape index (κ1) is 20.6. The Hall–Kier alpha value is -1.67. The second-order valence-corrected chi connectivity index (χ2v) is 8.36. The highest BCUT2D eigenvalue weighted by molar-refractivity contribution is 6.30. The van der Waals surface area contributed by atoms with Gasteiger partial charge in [0.25, 0.3) is 0 Å². The number of urea groups is 1. The number of carbonyl (C=O) groups is 2. The largest absolute Gasteiger partial charge is 0.378 e. The SMILES string of the molecule is O=C(c1ccc(Cl)cc1)C1CCN(N2CCN(C(=O)N3CCOCC3)CC2)CC1. The van der Waals surface area contributed by atoms with Crippen LogP contribution in [0.1, 0.15) is 23.2 Å². The van der Waals surface area contributed by atoms with Crippen molar-refractivity contribution in [2.45, 2.75) is 12.8 Å². The van der Waals surface area contributed by atoms with Gasteiger partial charge in [0, 0.05) is 68.9 Å². The minimum Gasteiger partial charge on any atom is -0.378 e. The van der Waals surface area contributed by atoms with Gasteiger partial charge in [0.1, 0.15) is 0 Å². The maximum Gasteiger partial charge on any atom is 0.320 e. The molecule has 4 rings (SSSR count). The quantitative estimate of drug-likeness (QED) is 0.702. The molecule has 3 aliphatic rings. The van der Waals surface area contributed by atoms with E-state index in [0.717, 1.165) is 57.7 Å². The van der Waals surface area contributed by atoms with Crippen molar-refractivity contribution in [3.63, 3.8) is 0 Å². The van der Waals surface area contributed by atoms with Crippen LogP contribution in [0.4, 0.5) is 4.79 Å². The van der Waals surface area contributed by atoms with Crippen molar-refractivity contribution in [3.8, 4) is 0 Å². The molecule has 0 saturated carbocycles. The number of morpholine rings is 1. The number of hydrogen-bond acceptors (Lipinski definition) is 5. The summed E-state index contributed by atoms with van der Waals surface area (Å²) in [5, 5.41) is 5.37. The molecule has 3 saturated heterocycles. The zero-order valence-corrected chi connectivity index (χ0v) is 17.5. The lowest BCUT2D eigenvalue weighted by Crippen LogP contribution is -2.59. The normalized spacial score (nSPS) is 22.7. The lowest BCUT2D eigenvalue weighted by molar-refractivity contribution is -0.0700. The van der Waals surface area contributed by atoms with Crippen LogP contribution < -0.4 is 0 Å². The van der Waals surface area contributed by atoms with Gasteiger partial charge in [0.2, 0.25) is 0 Å². The van der Waals surface area contributed by atoms with Crippen LogP contribution in [0, 0.1) is 5.92 Å². The van der Waals surface area contributed by atoms with E-state index in [1.807, 2.05) is 21.9 Å². The van der Waals surface area contributed by atoms with E-state index >= 15 is 0 Å². The van der Waals surface area contributed by atoms with Gasteiger partial charge in [-0.05, 0) is 37.1 Å². The van der Waals surface area contributed by atoms with Gasteiger partial charge in [0.05, 0.1) is 13.2 Å². The van der Waals surface area contributed by atoms with E-state index in [4.69, 9.17) is 16.3 Å². The highest BCUT2D eigenvalue weighted by Gasteiger charge is 2.32. The Morgan fingerprint density at radius 1 is 0.793 bits per heavy atom. The lowest BCUT2D eigenvalue weighted by Gasteiger charge is -2.44. The second kappa shape index (κ2) is 9.43. The first-order valence-corrected chi connectivity index (χ1v) is 10.9. The van der Waals surface area contributed by atoms with Crippen LogP contribution in [0.5, 0.6) is 0 Å². The molecule has 0 aromatic heterocycles. The summed E-state index contributed by atoms with van der Waals surface area (Å²) in [5.41, 5.74) is 0.753. The number of rotatable bonds is 3. The fourth-order valence-corrected chi connectivity index (χ4v) is 4.51. The van der Waals surface area contributed by atoms with Crippen LogP contribution in [0.15, 0.2) is 24.3 Å². The molecular formula is C21H29ClN4O3. The molecule has 29 heavy (non-hydrogen) atoms. The van der Waals surface area contributed by atoms with E-state index in [1.54, 1.807) is 12.1 Å². The molecule has 0 spiro atoms. The first-order valence-electron chi connectivity index (χ1n) is 10.5. The van der Waals surface area contributed by atoms with E-state index in [-0.39, 0.29) is 17.7 Å². The lowest BCUT2D eigenvalue weighted by atomic mass is 9.89. The fourth-order valence-electron chi connectivity index (χ4n) is 4.39. The maximum absolute atomic E-state index is 12.7. The third kappa shape index (κ3) is 4.91. The van der Waals surface area contributed by atoms with Crippen molar-refractivity contribution in [2.75, 3.05) is 65.6 Å². The van der Waals surface area contributed by atoms with E-state index < -0.39 is 0 Å². The van der Waals surface area contributed by atoms with Crippen molar-refractivity contribution in [1.82, 2.24) is 19.8 Å². The number of Topliss-reactive ketones (excluding diaryl/α,β-unsaturated/α-hetero) is 1. The standard InChI is InChI=1S/C21H29ClN4O3/c22-19-3-1-17(2-4-19)20(27)18-5-7-25(8-6-18)26-11-9-23(10-12-26)21(28)24-13-15-29-16-14-24/h1-4,18H,5-16H2. The predicted molar refractivity (Wildman–Crippen MR) is 111 cm³/mol. The number of halogens is 1. The van der Waals surface area contributed by atoms with Gasteiger partial charge in [-0.25, -0.2) is 14.8 Å². The number of amides is 2. The molecule has 1 aromatic carbocycles. The number of carbonyl (C=O) groups excluding carboxylic acids is 2. The maximum atomic E-state index is 12.7. The number of piperidine rings is 1. The van der Waals surface area contributed by atoms with Crippen molar-refractivity contribution in [3.05, 3.63) is 34.9 Å². The molecule has 0 radical (unpaired) electrons. The molecule has 158 valence electrons. The summed E-state index contributed by atoms with van der Waals surface area (Å²) < 4.78 is 5.34. The van der Waals surface area contributed by atoms with Gasteiger partial charge in [-0.2, -0.15) is 0 Å². The molecule has 0 unspecified atom stereocenters. The third-order valence-corrected chi connectivity index (χ3v) is 6.43. The molecule has 3 aliphatic heterocycles. The minimum atomic E-state index is 0.0802. The van der Waals surface area contributed by atoms with Crippen LogP contribution in [0.3, 0.4) is 0 Å². The number of hydrogen-bond donors (Lipinski definition) is 0. The fraction of sp³-hybridized carbons (Fsp3) is 0.619. The van der Waals surface area contributed by atoms with Crippen LogP contribution in [0.25, 0.3) is 0 Å². The Morgan fingerprint density at radius 3 is 1.97 bits per heavy atom. The minimum absolute atomic E-state index is 0.0802. The average molecular weight is 421 g/mol. The van der Waals surface area contributed by atoms with Gasteiger partial charge in [-0.15, -0.1) is 0 Å². The van der Waals surface area contributed by atoms with Crippen LogP contribution in [-0.2, 0) is 4.74 Å². The average Bonchev–Trinajstić information content (AvgIpc) is 2.79. The van der Waals surface area contributed by atoms with Gasteiger partial charge in [-0.1, -0.05) is 11.6 Å². The Bertz CT molecular complexity index is 707. The molecule has 3 heterocycles. The molecule has 0 N–H and O–H groups in total. The van der Waals surface area contributed by atoms with E-state index in [9.17, 15) is 9.59 Å². The van der Waals surface area contributed by atoms with Gasteiger partial charge >= 0.3 is 6.03 Å². The number of nitrogens with zero attached hydrogens (tertiary/aromatic N) is 4. The highest BCUT2D eigenvalue weighted by Crippen LogP contribution is 2.24. The molecular weight excluding hydrogens is 392 g/mol. The summed E-state index contributed by atoms with van der Waals surface area (Å²) in [7, 11) is 0. The molecule has 2 amide bonds. The van der Waals surface area contributed by atoms with Gasteiger partial charge in [-0.3, -0.25) is 4.79 Å². The number of benzene rings is 1. The predicted octanol–water partition coefficient (Wildman–Crippen LogP) is 2.22. The molecule has 7 nitrogen and oxygen atoms in total. The number of ether oxygens (including phenoxy) is 1. The number of piperazine rings is 1. The second-order valence-electron chi connectivity index (χ2n) is 7.92. The van der Waals surface area contributed by atoms with Crippen LogP contribution in [0.2, 0.25) is 5.02 Å². The van der Waals surface area contributed by atoms with Crippen molar-refractivity contribution in [1.29, 1.82) is 0 Å². The summed E-state index contributed by atoms with van der Waals surface area (Å²) in [6.45, 7) is 7.63. The van der Waals surface area contributed by atoms with E-state index in [2.05, 4.69) is 10.0 Å². The van der Waals surface area contributed by atoms with Crippen LogP contribution in [-0.4, -0.2) is 97.2 Å². The monoisotopic (exact) mass is 420 g/mol. The Labute approximate surface area is 177 Å². The summed E-state index contributed by atoms with van der Waals surface area (Å²) in [6.07, 6.45) is 1.74. The molecule has 0 atom stereocenters. The zero-order chi connectivity index (χ0) is 20.2. The summed E-state index contributed by atoms with van der Waals surface area (Å²) >= 11 is 5.92. The molecule has 0 bridgehead atoms. The third-order valence-electron chi connectivity index (χ3n) is 6.18. The van der Waals surface area contributed by atoms with Crippen molar-refractivity contribution < 1.29 is 14.3 Å². The Kier molecular flexibility index (Phi) is 6.70. The smallest absolute Gasteiger partial charge is 0.320 e. The van der Waals surface area contributed by atoms with Crippen LogP contribution >= 0.6 is 11.6 Å². The zero-order valence-electron chi connectivity index (χ0n) is 16.8. The molecule has 0 aliphatic carbocycles. The molecule has 3 fully saturated rings. The van der Waals surface area contributed by atoms with Crippen molar-refractivity contribution >= 4 is 23.4 Å². The van der Waals surface area contributed by atoms with Gasteiger partial charge in [0.15, 0.2) is 5.78 Å². The summed E-state index contributed by atoms with van der Waals surface area (Å²) in [5.74, 6) is 0.304. The highest BCUT2D eigenvalue weighted by atomic mass is 35.5. The molecule has 1 aromatic rings. The molecule has 8 heteroatoms.